The number of carbonyl (C=O) groups excluding carboxylic acids is 1. The molecule has 4 aliphatic rings. The fourth-order valence-electron chi connectivity index (χ4n) is 8.86. The number of pyridine rings is 1. The Morgan fingerprint density at radius 3 is 2.65 bits per heavy atom. The Hall–Kier alpha value is -3.45. The minimum Gasteiger partial charge on any atom is -0.493 e. The molecule has 244 valence electrons. The number of nitrogens with zero attached hydrogens (tertiary/aromatic N) is 1. The van der Waals surface area contributed by atoms with Gasteiger partial charge < -0.3 is 24.3 Å². The molecule has 3 aliphatic carbocycles. The van der Waals surface area contributed by atoms with Gasteiger partial charge in [-0.2, -0.15) is 0 Å². The van der Waals surface area contributed by atoms with E-state index in [1.807, 2.05) is 43.5 Å². The van der Waals surface area contributed by atoms with E-state index in [-0.39, 0.29) is 17.7 Å². The molecule has 1 N–H and O–H groups in total. The highest BCUT2D eigenvalue weighted by Crippen LogP contribution is 2.58. The van der Waals surface area contributed by atoms with E-state index >= 15 is 0 Å². The Morgan fingerprint density at radius 1 is 1.11 bits per heavy atom. The number of aromatic nitrogens is 1. The molecule has 1 aromatic heterocycles. The van der Waals surface area contributed by atoms with Crippen LogP contribution >= 0.6 is 11.6 Å². The van der Waals surface area contributed by atoms with E-state index < -0.39 is 5.54 Å². The number of esters is 1. The second kappa shape index (κ2) is 12.3. The van der Waals surface area contributed by atoms with E-state index in [2.05, 4.69) is 36.3 Å². The van der Waals surface area contributed by atoms with Crippen LogP contribution in [0.3, 0.4) is 0 Å². The van der Waals surface area contributed by atoms with Crippen LogP contribution in [0.2, 0.25) is 5.02 Å². The summed E-state index contributed by atoms with van der Waals surface area (Å²) >= 11 is 6.32. The Morgan fingerprint density at radius 2 is 1.89 bits per heavy atom. The highest BCUT2D eigenvalue weighted by atomic mass is 35.5. The number of nitrogens with one attached hydrogen (secondary N) is 1. The number of aryl methyl sites for hydroxylation is 1. The van der Waals surface area contributed by atoms with Crippen LogP contribution in [0.25, 0.3) is 0 Å². The molecule has 7 nitrogen and oxygen atoms in total. The number of hydrogen-bond acceptors (Lipinski definition) is 7. The van der Waals surface area contributed by atoms with Crippen LogP contribution in [0.5, 0.6) is 17.2 Å². The zero-order valence-electron chi connectivity index (χ0n) is 27.4. The molecule has 4 atom stereocenters. The third kappa shape index (κ3) is 5.59. The van der Waals surface area contributed by atoms with Crippen molar-refractivity contribution in [1.29, 1.82) is 0 Å². The monoisotopic (exact) mass is 644 g/mol. The van der Waals surface area contributed by atoms with Crippen LogP contribution in [0.15, 0.2) is 48.7 Å². The van der Waals surface area contributed by atoms with Crippen molar-refractivity contribution in [2.45, 2.75) is 102 Å². The molecule has 8 heteroatoms. The van der Waals surface area contributed by atoms with Crippen molar-refractivity contribution in [3.63, 3.8) is 0 Å². The molecule has 0 radical (unpaired) electrons. The molecule has 0 amide bonds. The number of anilines is 1. The Bertz CT molecular complexity index is 1620. The topological polar surface area (TPSA) is 78.9 Å². The molecule has 2 aromatic carbocycles. The van der Waals surface area contributed by atoms with Crippen molar-refractivity contribution >= 4 is 23.3 Å². The fourth-order valence-corrected chi connectivity index (χ4v) is 9.05. The third-order valence-corrected chi connectivity index (χ3v) is 11.3. The number of methoxy groups -OCH3 is 1. The molecular weight excluding hydrogens is 600 g/mol. The van der Waals surface area contributed by atoms with Crippen molar-refractivity contribution < 1.29 is 23.7 Å². The maximum absolute atomic E-state index is 13.4. The Labute approximate surface area is 277 Å². The van der Waals surface area contributed by atoms with Crippen LogP contribution < -0.4 is 19.5 Å². The molecule has 7 rings (SSSR count). The first-order valence-corrected chi connectivity index (χ1v) is 17.3. The number of fused-ring (bicyclic) bond motifs is 4. The van der Waals surface area contributed by atoms with Gasteiger partial charge >= 0.3 is 5.97 Å². The van der Waals surface area contributed by atoms with Crippen molar-refractivity contribution in [1.82, 2.24) is 4.98 Å². The predicted molar refractivity (Wildman–Crippen MR) is 179 cm³/mol. The van der Waals surface area contributed by atoms with Gasteiger partial charge in [0, 0.05) is 35.1 Å². The molecule has 2 heterocycles. The lowest BCUT2D eigenvalue weighted by Gasteiger charge is -2.47. The second-order valence-electron chi connectivity index (χ2n) is 14.1. The summed E-state index contributed by atoms with van der Waals surface area (Å²) in [5.74, 6) is 3.64. The van der Waals surface area contributed by atoms with Gasteiger partial charge in [0.15, 0.2) is 11.5 Å². The molecular formula is C38H45ClN2O5. The first kappa shape index (κ1) is 31.2. The molecule has 1 fully saturated rings. The number of benzene rings is 2. The van der Waals surface area contributed by atoms with Crippen molar-refractivity contribution in [3.8, 4) is 17.2 Å². The van der Waals surface area contributed by atoms with Gasteiger partial charge in [-0.3, -0.25) is 4.98 Å². The summed E-state index contributed by atoms with van der Waals surface area (Å²) in [6, 6.07) is 14.0. The number of halogens is 1. The highest BCUT2D eigenvalue weighted by Gasteiger charge is 2.55. The van der Waals surface area contributed by atoms with Gasteiger partial charge in [0.1, 0.15) is 11.3 Å². The largest absolute Gasteiger partial charge is 0.493 e. The minimum absolute atomic E-state index is 0.0916. The van der Waals surface area contributed by atoms with Crippen molar-refractivity contribution in [2.24, 2.45) is 11.8 Å². The van der Waals surface area contributed by atoms with Crippen LogP contribution in [-0.2, 0) is 27.8 Å². The second-order valence-corrected chi connectivity index (χ2v) is 14.6. The van der Waals surface area contributed by atoms with Crippen LogP contribution in [-0.4, -0.2) is 36.5 Å². The van der Waals surface area contributed by atoms with E-state index in [4.69, 9.17) is 30.5 Å². The number of ether oxygens (including phenoxy) is 4. The SMILES string of the molecule is COC(=O)C1(Nc2cccc(Cl)c2)CCC2(CC1)c1cc3c(cc1C[C@@H]2C[C@@H](C)COc1ccnc2c1[C@H](C)CCC2)OC(C)O3. The van der Waals surface area contributed by atoms with E-state index in [9.17, 15) is 4.79 Å². The minimum atomic E-state index is -0.825. The first-order valence-electron chi connectivity index (χ1n) is 16.9. The van der Waals surface area contributed by atoms with Gasteiger partial charge in [0.25, 0.3) is 0 Å². The summed E-state index contributed by atoms with van der Waals surface area (Å²) in [6.45, 7) is 7.19. The van der Waals surface area contributed by atoms with Crippen LogP contribution in [0, 0.1) is 11.8 Å². The molecule has 0 saturated heterocycles. The maximum atomic E-state index is 13.4. The molecule has 1 aliphatic heterocycles. The van der Waals surface area contributed by atoms with E-state index in [1.165, 1.54) is 42.3 Å². The zero-order chi connectivity index (χ0) is 32.1. The standard InChI is InChI=1S/C38H45ClN2O5/c1-23(22-44-32-11-16-40-31-10-5-7-24(2)35(31)32)17-27-18-26-19-33-34(46-25(3)45-33)21-30(26)37(27)12-14-38(15-13-37,36(42)43-4)41-29-9-6-8-28(39)20-29/h6,8-9,11,16,19-21,23-25,27,41H,5,7,10,12-15,17-18,22H2,1-4H3/t23-,24-,25?,27+,37?,38?/m1/s1. The van der Waals surface area contributed by atoms with E-state index in [0.29, 0.717) is 42.2 Å². The Kier molecular flexibility index (Phi) is 8.33. The summed E-state index contributed by atoms with van der Waals surface area (Å²) in [4.78, 5) is 18.1. The molecule has 0 bridgehead atoms. The summed E-state index contributed by atoms with van der Waals surface area (Å²) in [5, 5.41) is 4.19. The fraction of sp³-hybridized carbons (Fsp3) is 0.526. The summed E-state index contributed by atoms with van der Waals surface area (Å²) < 4.78 is 24.0. The zero-order valence-corrected chi connectivity index (χ0v) is 28.1. The van der Waals surface area contributed by atoms with Crippen molar-refractivity contribution in [3.05, 3.63) is 76.1 Å². The molecule has 1 saturated carbocycles. The number of hydrogen-bond donors (Lipinski definition) is 1. The molecule has 3 aromatic rings. The van der Waals surface area contributed by atoms with Gasteiger partial charge in [-0.05, 0) is 128 Å². The molecule has 46 heavy (non-hydrogen) atoms. The lowest BCUT2D eigenvalue weighted by atomic mass is 9.59. The average molecular weight is 645 g/mol. The maximum Gasteiger partial charge on any atom is 0.331 e. The van der Waals surface area contributed by atoms with E-state index in [1.54, 1.807) is 0 Å². The predicted octanol–water partition coefficient (Wildman–Crippen LogP) is 8.41. The average Bonchev–Trinajstić information content (AvgIpc) is 3.54. The van der Waals surface area contributed by atoms with Crippen LogP contribution in [0.1, 0.15) is 94.0 Å². The van der Waals surface area contributed by atoms with Gasteiger partial charge in [-0.15, -0.1) is 0 Å². The molecule has 1 spiro atoms. The van der Waals surface area contributed by atoms with Gasteiger partial charge in [-0.25, -0.2) is 4.79 Å². The smallest absolute Gasteiger partial charge is 0.331 e. The third-order valence-electron chi connectivity index (χ3n) is 11.1. The lowest BCUT2D eigenvalue weighted by Crippen LogP contribution is -2.53. The summed E-state index contributed by atoms with van der Waals surface area (Å²) in [6.07, 6.45) is 10.0. The van der Waals surface area contributed by atoms with Gasteiger partial charge in [0.05, 0.1) is 13.7 Å². The number of carbonyl (C=O) groups is 1. The number of rotatable bonds is 8. The molecule has 1 unspecified atom stereocenters. The lowest BCUT2D eigenvalue weighted by molar-refractivity contribution is -0.148. The normalized spacial score (nSPS) is 28.3. The van der Waals surface area contributed by atoms with Gasteiger partial charge in [-0.1, -0.05) is 31.5 Å². The Balaban J connectivity index is 1.15. The van der Waals surface area contributed by atoms with E-state index in [0.717, 1.165) is 55.0 Å². The van der Waals surface area contributed by atoms with Crippen LogP contribution in [0.4, 0.5) is 5.69 Å². The summed E-state index contributed by atoms with van der Waals surface area (Å²) in [7, 11) is 1.48. The quantitative estimate of drug-likeness (QED) is 0.247. The van der Waals surface area contributed by atoms with Gasteiger partial charge in [0.2, 0.25) is 6.29 Å². The first-order chi connectivity index (χ1) is 22.2. The highest BCUT2D eigenvalue weighted by molar-refractivity contribution is 6.30. The summed E-state index contributed by atoms with van der Waals surface area (Å²) in [5.41, 5.74) is 5.09. The van der Waals surface area contributed by atoms with Crippen molar-refractivity contribution in [2.75, 3.05) is 19.0 Å².